The molecule has 2 aromatic carbocycles. The Labute approximate surface area is 143 Å². The first-order valence-corrected chi connectivity index (χ1v) is 8.18. The van der Waals surface area contributed by atoms with E-state index in [4.69, 9.17) is 27.9 Å². The Kier molecular flexibility index (Phi) is 6.37. The normalized spacial score (nSPS) is 12.2. The third kappa shape index (κ3) is 5.19. The van der Waals surface area contributed by atoms with E-state index >= 15 is 0 Å². The van der Waals surface area contributed by atoms with E-state index in [9.17, 15) is 0 Å². The van der Waals surface area contributed by atoms with Gasteiger partial charge in [0.2, 0.25) is 0 Å². The molecular formula is C16H16BrCl2NO. The fraction of sp³-hybridized carbons (Fsp3) is 0.250. The number of benzene rings is 2. The first kappa shape index (κ1) is 16.6. The summed E-state index contributed by atoms with van der Waals surface area (Å²) in [4.78, 5) is 0. The molecule has 0 aliphatic carbocycles. The largest absolute Gasteiger partial charge is 0.492 e. The predicted molar refractivity (Wildman–Crippen MR) is 92.5 cm³/mol. The van der Waals surface area contributed by atoms with Gasteiger partial charge in [0.05, 0.1) is 0 Å². The van der Waals surface area contributed by atoms with Crippen LogP contribution in [0.25, 0.3) is 0 Å². The van der Waals surface area contributed by atoms with Gasteiger partial charge in [-0.05, 0) is 42.8 Å². The summed E-state index contributed by atoms with van der Waals surface area (Å²) in [5.41, 5.74) is 1.03. The smallest absolute Gasteiger partial charge is 0.120 e. The van der Waals surface area contributed by atoms with Gasteiger partial charge in [-0.25, -0.2) is 0 Å². The van der Waals surface area contributed by atoms with Crippen LogP contribution in [0.4, 0.5) is 0 Å². The van der Waals surface area contributed by atoms with E-state index < -0.39 is 0 Å². The molecule has 0 bridgehead atoms. The van der Waals surface area contributed by atoms with Crippen LogP contribution < -0.4 is 10.1 Å². The molecule has 0 saturated heterocycles. The predicted octanol–water partition coefficient (Wildman–Crippen LogP) is 5.49. The summed E-state index contributed by atoms with van der Waals surface area (Å²) in [6.45, 7) is 3.38. The van der Waals surface area contributed by atoms with Crippen molar-refractivity contribution in [2.75, 3.05) is 13.2 Å². The molecule has 0 heterocycles. The van der Waals surface area contributed by atoms with E-state index in [1.54, 1.807) is 6.07 Å². The van der Waals surface area contributed by atoms with Gasteiger partial charge in [-0.3, -0.25) is 0 Å². The highest BCUT2D eigenvalue weighted by Crippen LogP contribution is 2.26. The molecule has 0 radical (unpaired) electrons. The Hall–Kier alpha value is -0.740. The third-order valence-corrected chi connectivity index (χ3v) is 4.10. The van der Waals surface area contributed by atoms with E-state index in [2.05, 4.69) is 28.2 Å². The van der Waals surface area contributed by atoms with Crippen LogP contribution in [-0.4, -0.2) is 13.2 Å². The van der Waals surface area contributed by atoms with Gasteiger partial charge in [0.15, 0.2) is 0 Å². The van der Waals surface area contributed by atoms with Crippen LogP contribution in [0.15, 0.2) is 46.9 Å². The zero-order chi connectivity index (χ0) is 15.2. The van der Waals surface area contributed by atoms with Crippen molar-refractivity contribution in [2.24, 2.45) is 0 Å². The first-order valence-electron chi connectivity index (χ1n) is 6.63. The number of hydrogen-bond acceptors (Lipinski definition) is 2. The molecule has 1 N–H and O–H groups in total. The molecule has 21 heavy (non-hydrogen) atoms. The summed E-state index contributed by atoms with van der Waals surface area (Å²) in [5.74, 6) is 0.850. The number of nitrogens with one attached hydrogen (secondary N) is 1. The molecule has 2 rings (SSSR count). The standard InChI is InChI=1S/C16H16BrCl2NO/c1-11(15-6-5-13(18)10-16(15)19)20-7-8-21-14-4-2-3-12(17)9-14/h2-6,9-11,20H,7-8H2,1H3. The van der Waals surface area contributed by atoms with Gasteiger partial charge in [-0.2, -0.15) is 0 Å². The molecule has 0 aliphatic heterocycles. The van der Waals surface area contributed by atoms with Crippen molar-refractivity contribution in [3.63, 3.8) is 0 Å². The summed E-state index contributed by atoms with van der Waals surface area (Å²) in [6, 6.07) is 13.5. The molecule has 0 amide bonds. The van der Waals surface area contributed by atoms with Crippen molar-refractivity contribution in [1.82, 2.24) is 5.32 Å². The van der Waals surface area contributed by atoms with Gasteiger partial charge in [-0.1, -0.05) is 51.3 Å². The average Bonchev–Trinajstić information content (AvgIpc) is 2.43. The van der Waals surface area contributed by atoms with E-state index in [0.717, 1.165) is 22.3 Å². The Morgan fingerprint density at radius 1 is 1.19 bits per heavy atom. The zero-order valence-corrected chi connectivity index (χ0v) is 14.7. The Bertz CT molecular complexity index is 607. The second-order valence-electron chi connectivity index (χ2n) is 4.65. The van der Waals surface area contributed by atoms with E-state index in [1.807, 2.05) is 36.4 Å². The van der Waals surface area contributed by atoms with Gasteiger partial charge < -0.3 is 10.1 Å². The first-order chi connectivity index (χ1) is 10.1. The topological polar surface area (TPSA) is 21.3 Å². The fourth-order valence-electron chi connectivity index (χ4n) is 1.96. The zero-order valence-electron chi connectivity index (χ0n) is 11.6. The second-order valence-corrected chi connectivity index (χ2v) is 6.41. The van der Waals surface area contributed by atoms with Gasteiger partial charge in [0.25, 0.3) is 0 Å². The summed E-state index contributed by atoms with van der Waals surface area (Å²) in [6.07, 6.45) is 0. The molecule has 112 valence electrons. The van der Waals surface area contributed by atoms with Crippen LogP contribution in [0, 0.1) is 0 Å². The molecule has 0 aliphatic rings. The average molecular weight is 389 g/mol. The SMILES string of the molecule is CC(NCCOc1cccc(Br)c1)c1ccc(Cl)cc1Cl. The summed E-state index contributed by atoms with van der Waals surface area (Å²) >= 11 is 15.5. The molecule has 1 atom stereocenters. The van der Waals surface area contributed by atoms with Crippen molar-refractivity contribution in [2.45, 2.75) is 13.0 Å². The number of halogens is 3. The molecule has 0 saturated carbocycles. The molecule has 0 spiro atoms. The molecular weight excluding hydrogens is 373 g/mol. The van der Waals surface area contributed by atoms with Crippen molar-refractivity contribution in [3.05, 3.63) is 62.5 Å². The maximum Gasteiger partial charge on any atom is 0.120 e. The van der Waals surface area contributed by atoms with Crippen LogP contribution in [0.5, 0.6) is 5.75 Å². The monoisotopic (exact) mass is 387 g/mol. The van der Waals surface area contributed by atoms with Crippen molar-refractivity contribution < 1.29 is 4.74 Å². The molecule has 2 aromatic rings. The van der Waals surface area contributed by atoms with E-state index in [1.165, 1.54) is 0 Å². The molecule has 5 heteroatoms. The van der Waals surface area contributed by atoms with E-state index in [-0.39, 0.29) is 6.04 Å². The summed E-state index contributed by atoms with van der Waals surface area (Å²) < 4.78 is 6.68. The van der Waals surface area contributed by atoms with Crippen molar-refractivity contribution in [1.29, 1.82) is 0 Å². The lowest BCUT2D eigenvalue weighted by Crippen LogP contribution is -2.24. The highest BCUT2D eigenvalue weighted by Gasteiger charge is 2.09. The lowest BCUT2D eigenvalue weighted by atomic mass is 10.1. The lowest BCUT2D eigenvalue weighted by Gasteiger charge is -2.16. The second kappa shape index (κ2) is 8.04. The minimum atomic E-state index is 0.140. The Morgan fingerprint density at radius 2 is 2.00 bits per heavy atom. The summed E-state index contributed by atoms with van der Waals surface area (Å²) in [5, 5.41) is 4.70. The fourth-order valence-corrected chi connectivity index (χ4v) is 2.91. The quantitative estimate of drug-likeness (QED) is 0.661. The minimum absolute atomic E-state index is 0.140. The molecule has 1 unspecified atom stereocenters. The molecule has 2 nitrogen and oxygen atoms in total. The highest BCUT2D eigenvalue weighted by molar-refractivity contribution is 9.10. The van der Waals surface area contributed by atoms with Crippen LogP contribution in [-0.2, 0) is 0 Å². The Balaban J connectivity index is 1.80. The summed E-state index contributed by atoms with van der Waals surface area (Å²) in [7, 11) is 0. The van der Waals surface area contributed by atoms with Crippen molar-refractivity contribution in [3.8, 4) is 5.75 Å². The number of ether oxygens (including phenoxy) is 1. The lowest BCUT2D eigenvalue weighted by molar-refractivity contribution is 0.307. The third-order valence-electron chi connectivity index (χ3n) is 3.05. The Morgan fingerprint density at radius 3 is 2.71 bits per heavy atom. The van der Waals surface area contributed by atoms with Crippen LogP contribution in [0.1, 0.15) is 18.5 Å². The maximum atomic E-state index is 6.19. The maximum absolute atomic E-state index is 6.19. The van der Waals surface area contributed by atoms with Crippen LogP contribution in [0.3, 0.4) is 0 Å². The number of rotatable bonds is 6. The minimum Gasteiger partial charge on any atom is -0.492 e. The van der Waals surface area contributed by atoms with Gasteiger partial charge in [0.1, 0.15) is 12.4 Å². The number of hydrogen-bond donors (Lipinski definition) is 1. The van der Waals surface area contributed by atoms with E-state index in [0.29, 0.717) is 16.7 Å². The van der Waals surface area contributed by atoms with Gasteiger partial charge in [-0.15, -0.1) is 0 Å². The van der Waals surface area contributed by atoms with Crippen LogP contribution >= 0.6 is 39.1 Å². The molecule has 0 aromatic heterocycles. The van der Waals surface area contributed by atoms with Crippen LogP contribution in [0.2, 0.25) is 10.0 Å². The van der Waals surface area contributed by atoms with Crippen molar-refractivity contribution >= 4 is 39.1 Å². The van der Waals surface area contributed by atoms with Gasteiger partial charge >= 0.3 is 0 Å². The van der Waals surface area contributed by atoms with Gasteiger partial charge in [0, 0.05) is 27.1 Å². The molecule has 0 fully saturated rings. The highest BCUT2D eigenvalue weighted by atomic mass is 79.9.